The first-order chi connectivity index (χ1) is 10.0. The van der Waals surface area contributed by atoms with Gasteiger partial charge in [0, 0.05) is 6.04 Å². The van der Waals surface area contributed by atoms with Crippen LogP contribution in [0.4, 0.5) is 0 Å². The van der Waals surface area contributed by atoms with Gasteiger partial charge in [-0.05, 0) is 53.4 Å². The van der Waals surface area contributed by atoms with Gasteiger partial charge in [-0.3, -0.25) is 0 Å². The van der Waals surface area contributed by atoms with E-state index in [1.807, 2.05) is 19.1 Å². The molecule has 0 radical (unpaired) electrons. The molecule has 0 aliphatic heterocycles. The molecule has 5 nitrogen and oxygen atoms in total. The van der Waals surface area contributed by atoms with E-state index in [0.29, 0.717) is 18.1 Å². The number of ether oxygens (including phenoxy) is 3. The van der Waals surface area contributed by atoms with Crippen LogP contribution in [0.15, 0.2) is 16.6 Å². The van der Waals surface area contributed by atoms with Crippen molar-refractivity contribution in [1.29, 1.82) is 0 Å². The molecule has 1 unspecified atom stereocenters. The fourth-order valence-corrected chi connectivity index (χ4v) is 2.38. The second-order valence-electron chi connectivity index (χ2n) is 4.58. The van der Waals surface area contributed by atoms with Crippen molar-refractivity contribution >= 4 is 21.9 Å². The summed E-state index contributed by atoms with van der Waals surface area (Å²) in [4.78, 5) is 11.2. The van der Waals surface area contributed by atoms with E-state index >= 15 is 0 Å². The van der Waals surface area contributed by atoms with Crippen molar-refractivity contribution in [2.45, 2.75) is 32.7 Å². The van der Waals surface area contributed by atoms with Crippen LogP contribution in [-0.4, -0.2) is 32.3 Å². The molecular weight excluding hydrogens is 338 g/mol. The maximum atomic E-state index is 11.2. The summed E-state index contributed by atoms with van der Waals surface area (Å²) in [5.41, 5.74) is 7.05. The first-order valence-electron chi connectivity index (χ1n) is 6.92. The zero-order valence-corrected chi connectivity index (χ0v) is 14.2. The number of halogens is 1. The van der Waals surface area contributed by atoms with Crippen molar-refractivity contribution in [2.24, 2.45) is 5.73 Å². The number of rotatable bonds is 8. The molecule has 0 amide bonds. The van der Waals surface area contributed by atoms with Crippen molar-refractivity contribution in [3.05, 3.63) is 22.2 Å². The van der Waals surface area contributed by atoms with Crippen molar-refractivity contribution < 1.29 is 19.0 Å². The predicted octanol–water partition coefficient (Wildman–Crippen LogP) is 2.68. The maximum Gasteiger partial charge on any atom is 0.343 e. The lowest BCUT2D eigenvalue weighted by Crippen LogP contribution is -2.21. The first kappa shape index (κ1) is 17.8. The number of carbonyl (C=O) groups excluding carboxylic acids is 1. The molecule has 2 N–H and O–H groups in total. The van der Waals surface area contributed by atoms with Crippen LogP contribution in [-0.2, 0) is 16.0 Å². The fourth-order valence-electron chi connectivity index (χ4n) is 1.78. The van der Waals surface area contributed by atoms with Crippen LogP contribution in [0, 0.1) is 0 Å². The minimum absolute atomic E-state index is 0.105. The predicted molar refractivity (Wildman–Crippen MR) is 84.8 cm³/mol. The van der Waals surface area contributed by atoms with Crippen LogP contribution in [0.2, 0.25) is 0 Å². The van der Waals surface area contributed by atoms with Crippen molar-refractivity contribution in [2.75, 3.05) is 20.3 Å². The number of methoxy groups -OCH3 is 1. The molecule has 1 aromatic rings. The van der Waals surface area contributed by atoms with Gasteiger partial charge in [0.25, 0.3) is 0 Å². The van der Waals surface area contributed by atoms with E-state index in [2.05, 4.69) is 27.6 Å². The molecule has 0 heterocycles. The van der Waals surface area contributed by atoms with E-state index in [-0.39, 0.29) is 12.6 Å². The normalized spacial score (nSPS) is 11.9. The van der Waals surface area contributed by atoms with Gasteiger partial charge in [0.2, 0.25) is 0 Å². The summed E-state index contributed by atoms with van der Waals surface area (Å²) in [5, 5.41) is 0. The first-order valence-corrected chi connectivity index (χ1v) is 7.71. The van der Waals surface area contributed by atoms with E-state index in [4.69, 9.17) is 15.2 Å². The topological polar surface area (TPSA) is 70.8 Å². The number of benzene rings is 1. The van der Waals surface area contributed by atoms with Gasteiger partial charge in [0.1, 0.15) is 0 Å². The second kappa shape index (κ2) is 8.89. The molecule has 1 rings (SSSR count). The van der Waals surface area contributed by atoms with Crippen molar-refractivity contribution in [3.8, 4) is 11.5 Å². The number of esters is 1. The minimum Gasteiger partial charge on any atom is -0.490 e. The number of carbonyl (C=O) groups is 1. The van der Waals surface area contributed by atoms with Gasteiger partial charge < -0.3 is 19.9 Å². The molecule has 1 aromatic carbocycles. The Balaban J connectivity index is 2.98. The Bertz CT molecular complexity index is 479. The molecule has 0 aliphatic carbocycles. The van der Waals surface area contributed by atoms with Crippen molar-refractivity contribution in [3.63, 3.8) is 0 Å². The molecule has 0 spiro atoms. The summed E-state index contributed by atoms with van der Waals surface area (Å²) in [6, 6.07) is 3.94. The summed E-state index contributed by atoms with van der Waals surface area (Å²) in [5.74, 6) is 0.645. The number of nitrogens with two attached hydrogens (primary N) is 1. The lowest BCUT2D eigenvalue weighted by atomic mass is 10.0. The fraction of sp³-hybridized carbons (Fsp3) is 0.533. The SMILES string of the molecule is CCOc1cc(CC(N)CC)cc(Br)c1OCC(=O)OC. The molecule has 21 heavy (non-hydrogen) atoms. The van der Waals surface area contributed by atoms with Crippen LogP contribution in [0.3, 0.4) is 0 Å². The summed E-state index contributed by atoms with van der Waals surface area (Å²) in [7, 11) is 1.32. The molecule has 118 valence electrons. The molecule has 0 saturated heterocycles. The highest BCUT2D eigenvalue weighted by molar-refractivity contribution is 9.10. The summed E-state index contributed by atoms with van der Waals surface area (Å²) in [6.07, 6.45) is 1.66. The Hall–Kier alpha value is -1.27. The molecule has 0 aromatic heterocycles. The van der Waals surface area contributed by atoms with Gasteiger partial charge >= 0.3 is 5.97 Å². The Morgan fingerprint density at radius 3 is 2.62 bits per heavy atom. The van der Waals surface area contributed by atoms with E-state index in [9.17, 15) is 4.79 Å². The Morgan fingerprint density at radius 1 is 1.33 bits per heavy atom. The highest BCUT2D eigenvalue weighted by Gasteiger charge is 2.15. The molecule has 0 saturated carbocycles. The third kappa shape index (κ3) is 5.55. The molecule has 0 fully saturated rings. The lowest BCUT2D eigenvalue weighted by molar-refractivity contribution is -0.142. The third-order valence-electron chi connectivity index (χ3n) is 2.95. The van der Waals surface area contributed by atoms with E-state index in [1.165, 1.54) is 7.11 Å². The molecule has 1 atom stereocenters. The summed E-state index contributed by atoms with van der Waals surface area (Å²) >= 11 is 3.45. The zero-order valence-electron chi connectivity index (χ0n) is 12.6. The average Bonchev–Trinajstić information content (AvgIpc) is 2.46. The van der Waals surface area contributed by atoms with Gasteiger partial charge in [-0.2, -0.15) is 0 Å². The Morgan fingerprint density at radius 2 is 2.05 bits per heavy atom. The quantitative estimate of drug-likeness (QED) is 0.722. The monoisotopic (exact) mass is 359 g/mol. The van der Waals surface area contributed by atoms with E-state index in [1.54, 1.807) is 0 Å². The Labute approximate surface area is 133 Å². The molecule has 0 aliphatic rings. The van der Waals surface area contributed by atoms with Gasteiger partial charge in [0.15, 0.2) is 18.1 Å². The van der Waals surface area contributed by atoms with Crippen molar-refractivity contribution in [1.82, 2.24) is 0 Å². The smallest absolute Gasteiger partial charge is 0.343 e. The number of hydrogen-bond acceptors (Lipinski definition) is 5. The second-order valence-corrected chi connectivity index (χ2v) is 5.43. The van der Waals surface area contributed by atoms with Crippen LogP contribution >= 0.6 is 15.9 Å². The largest absolute Gasteiger partial charge is 0.490 e. The maximum absolute atomic E-state index is 11.2. The third-order valence-corrected chi connectivity index (χ3v) is 3.54. The van der Waals surface area contributed by atoms with Gasteiger partial charge in [0.05, 0.1) is 18.2 Å². The highest BCUT2D eigenvalue weighted by Crippen LogP contribution is 2.37. The molecule has 0 bridgehead atoms. The summed E-state index contributed by atoms with van der Waals surface area (Å²) < 4.78 is 16.4. The van der Waals surface area contributed by atoms with Crippen LogP contribution in [0.5, 0.6) is 11.5 Å². The number of hydrogen-bond donors (Lipinski definition) is 1. The molecule has 6 heteroatoms. The standard InChI is InChI=1S/C15H22BrNO4/c1-4-11(17)6-10-7-12(16)15(13(8-10)20-5-2)21-9-14(18)19-3/h7-8,11H,4-6,9,17H2,1-3H3. The van der Waals surface area contributed by atoms with Crippen LogP contribution in [0.1, 0.15) is 25.8 Å². The lowest BCUT2D eigenvalue weighted by Gasteiger charge is -2.16. The molecular formula is C15H22BrNO4. The summed E-state index contributed by atoms with van der Waals surface area (Å²) in [6.45, 7) is 4.28. The van der Waals surface area contributed by atoms with Crippen LogP contribution < -0.4 is 15.2 Å². The van der Waals surface area contributed by atoms with Gasteiger partial charge in [-0.15, -0.1) is 0 Å². The highest BCUT2D eigenvalue weighted by atomic mass is 79.9. The van der Waals surface area contributed by atoms with Gasteiger partial charge in [-0.25, -0.2) is 4.79 Å². The van der Waals surface area contributed by atoms with Gasteiger partial charge in [-0.1, -0.05) is 6.92 Å². The van der Waals surface area contributed by atoms with E-state index < -0.39 is 5.97 Å². The Kier molecular flexibility index (Phi) is 7.53. The van der Waals surface area contributed by atoms with E-state index in [0.717, 1.165) is 22.9 Å². The van der Waals surface area contributed by atoms with Crippen LogP contribution in [0.25, 0.3) is 0 Å². The minimum atomic E-state index is -0.443. The average molecular weight is 360 g/mol. The zero-order chi connectivity index (χ0) is 15.8.